The number of fused-ring (bicyclic) bond motifs is 1. The monoisotopic (exact) mass is 386 g/mol. The average Bonchev–Trinajstić information content (AvgIpc) is 2.60. The van der Waals surface area contributed by atoms with Crippen molar-refractivity contribution in [2.45, 2.75) is 65.6 Å². The number of ketones is 1. The van der Waals surface area contributed by atoms with Crippen LogP contribution in [0, 0.1) is 11.2 Å². The molecule has 151 valence electrons. The van der Waals surface area contributed by atoms with Gasteiger partial charge in [0.2, 0.25) is 5.91 Å². The first-order chi connectivity index (χ1) is 13.1. The van der Waals surface area contributed by atoms with Crippen LogP contribution in [0.3, 0.4) is 0 Å². The molecule has 2 rings (SSSR count). The molecule has 1 radical (unpaired) electrons. The molecule has 0 unspecified atom stereocenters. The molecule has 1 aromatic rings. The van der Waals surface area contributed by atoms with E-state index < -0.39 is 5.41 Å². The molecule has 0 aromatic heterocycles. The van der Waals surface area contributed by atoms with Crippen LogP contribution in [0.15, 0.2) is 18.7 Å². The molecule has 1 atom stereocenters. The smallest absolute Gasteiger partial charge is 0.219 e. The number of benzene rings is 1. The number of ether oxygens (including phenoxy) is 1. The topological polar surface area (TPSA) is 55.4 Å². The third-order valence-corrected chi connectivity index (χ3v) is 4.95. The van der Waals surface area contributed by atoms with Crippen LogP contribution in [0.1, 0.15) is 63.6 Å². The van der Waals surface area contributed by atoms with Crippen LogP contribution in [0.2, 0.25) is 0 Å². The van der Waals surface area contributed by atoms with Crippen molar-refractivity contribution < 1.29 is 18.7 Å². The SMILES string of the molecule is C=C(OCCC(=O)C(C)(C)C)c1c(F)ccc2c1C[B][C@@H](NC(=O)CCC)C2. The zero-order valence-electron chi connectivity index (χ0n) is 17.4. The van der Waals surface area contributed by atoms with Crippen molar-refractivity contribution in [1.82, 2.24) is 5.32 Å². The minimum Gasteiger partial charge on any atom is -0.493 e. The molecule has 1 N–H and O–H groups in total. The van der Waals surface area contributed by atoms with E-state index in [1.807, 2.05) is 35.0 Å². The fourth-order valence-corrected chi connectivity index (χ4v) is 3.30. The molecule has 1 amide bonds. The Bertz CT molecular complexity index is 755. The fourth-order valence-electron chi connectivity index (χ4n) is 3.30. The maximum atomic E-state index is 14.5. The van der Waals surface area contributed by atoms with Crippen LogP contribution in [0.5, 0.6) is 0 Å². The molecule has 0 aliphatic carbocycles. The maximum absolute atomic E-state index is 14.5. The molecule has 0 bridgehead atoms. The lowest BCUT2D eigenvalue weighted by Crippen LogP contribution is -2.44. The number of halogens is 1. The van der Waals surface area contributed by atoms with Crippen molar-refractivity contribution in [3.05, 3.63) is 41.2 Å². The number of carbonyl (C=O) groups is 2. The Kier molecular flexibility index (Phi) is 7.45. The van der Waals surface area contributed by atoms with Gasteiger partial charge in [0.25, 0.3) is 0 Å². The van der Waals surface area contributed by atoms with Crippen LogP contribution >= 0.6 is 0 Å². The van der Waals surface area contributed by atoms with Gasteiger partial charge in [0, 0.05) is 24.2 Å². The molecular weight excluding hydrogens is 356 g/mol. The third-order valence-electron chi connectivity index (χ3n) is 4.95. The Morgan fingerprint density at radius 1 is 1.32 bits per heavy atom. The third kappa shape index (κ3) is 5.70. The minimum absolute atomic E-state index is 0.0331. The van der Waals surface area contributed by atoms with Gasteiger partial charge in [-0.2, -0.15) is 0 Å². The van der Waals surface area contributed by atoms with Crippen molar-refractivity contribution in [2.75, 3.05) is 6.61 Å². The van der Waals surface area contributed by atoms with E-state index in [0.717, 1.165) is 17.5 Å². The van der Waals surface area contributed by atoms with E-state index in [9.17, 15) is 14.0 Å². The minimum atomic E-state index is -0.423. The van der Waals surface area contributed by atoms with Crippen molar-refractivity contribution in [3.63, 3.8) is 0 Å². The van der Waals surface area contributed by atoms with Gasteiger partial charge in [-0.15, -0.1) is 0 Å². The van der Waals surface area contributed by atoms with Gasteiger partial charge in [0.1, 0.15) is 24.6 Å². The van der Waals surface area contributed by atoms with E-state index in [2.05, 4.69) is 11.9 Å². The molecule has 0 saturated carbocycles. The summed E-state index contributed by atoms with van der Waals surface area (Å²) in [6, 6.07) is 3.18. The van der Waals surface area contributed by atoms with E-state index in [4.69, 9.17) is 4.74 Å². The van der Waals surface area contributed by atoms with Gasteiger partial charge < -0.3 is 10.1 Å². The van der Waals surface area contributed by atoms with E-state index in [0.29, 0.717) is 24.7 Å². The van der Waals surface area contributed by atoms with Gasteiger partial charge in [-0.25, -0.2) is 4.39 Å². The molecule has 0 spiro atoms. The van der Waals surface area contributed by atoms with E-state index in [1.54, 1.807) is 6.07 Å². The predicted octanol–water partition coefficient (Wildman–Crippen LogP) is 3.82. The summed E-state index contributed by atoms with van der Waals surface area (Å²) in [5.74, 6) is -0.0604. The molecule has 1 aliphatic rings. The number of carbonyl (C=O) groups excluding carboxylic acids is 2. The summed E-state index contributed by atoms with van der Waals surface area (Å²) >= 11 is 0. The van der Waals surface area contributed by atoms with Crippen LogP contribution in [-0.4, -0.2) is 31.5 Å². The van der Waals surface area contributed by atoms with Crippen molar-refractivity contribution >= 4 is 24.7 Å². The standard InChI is InChI=1S/C22H30BFNO3/c1-6-7-20(27)25-19-12-15-8-9-17(24)21(16(15)13-23-19)14(2)28-11-10-18(26)22(3,4)5/h8-9,19H,2,6-7,10-13H2,1,3-5H3,(H,25,27)/t19-/m0/s1. The second-order valence-electron chi connectivity index (χ2n) is 8.32. The average molecular weight is 386 g/mol. The highest BCUT2D eigenvalue weighted by Crippen LogP contribution is 2.29. The van der Waals surface area contributed by atoms with Gasteiger partial charge in [-0.05, 0) is 30.0 Å². The lowest BCUT2D eigenvalue weighted by Gasteiger charge is -2.27. The highest BCUT2D eigenvalue weighted by Gasteiger charge is 2.26. The van der Waals surface area contributed by atoms with Crippen LogP contribution in [-0.2, 0) is 27.1 Å². The largest absolute Gasteiger partial charge is 0.493 e. The van der Waals surface area contributed by atoms with Gasteiger partial charge in [0.15, 0.2) is 0 Å². The summed E-state index contributed by atoms with van der Waals surface area (Å²) in [6.45, 7) is 11.6. The lowest BCUT2D eigenvalue weighted by molar-refractivity contribution is -0.127. The van der Waals surface area contributed by atoms with Crippen LogP contribution < -0.4 is 5.32 Å². The second kappa shape index (κ2) is 9.40. The Balaban J connectivity index is 2.05. The van der Waals surface area contributed by atoms with Gasteiger partial charge >= 0.3 is 0 Å². The lowest BCUT2D eigenvalue weighted by atomic mass is 9.57. The number of nitrogens with one attached hydrogen (secondary N) is 1. The summed E-state index contributed by atoms with van der Waals surface area (Å²) in [7, 11) is 2.00. The quantitative estimate of drug-likeness (QED) is 0.546. The van der Waals surface area contributed by atoms with E-state index >= 15 is 0 Å². The number of hydrogen-bond donors (Lipinski definition) is 1. The first kappa shape index (κ1) is 22.2. The molecule has 1 heterocycles. The summed E-state index contributed by atoms with van der Waals surface area (Å²) in [5, 5.41) is 3.01. The van der Waals surface area contributed by atoms with Gasteiger partial charge in [-0.1, -0.05) is 46.7 Å². The highest BCUT2D eigenvalue weighted by atomic mass is 19.1. The second-order valence-corrected chi connectivity index (χ2v) is 8.32. The summed E-state index contributed by atoms with van der Waals surface area (Å²) in [4.78, 5) is 23.9. The highest BCUT2D eigenvalue weighted by molar-refractivity contribution is 6.38. The molecule has 1 aromatic carbocycles. The zero-order chi connectivity index (χ0) is 20.9. The molecule has 0 fully saturated rings. The summed E-state index contributed by atoms with van der Waals surface area (Å²) in [6.07, 6.45) is 2.72. The zero-order valence-corrected chi connectivity index (χ0v) is 17.4. The molecule has 28 heavy (non-hydrogen) atoms. The van der Waals surface area contributed by atoms with Crippen molar-refractivity contribution in [2.24, 2.45) is 5.41 Å². The Morgan fingerprint density at radius 2 is 2.04 bits per heavy atom. The van der Waals surface area contributed by atoms with Crippen molar-refractivity contribution in [1.29, 1.82) is 0 Å². The number of rotatable bonds is 8. The summed E-state index contributed by atoms with van der Waals surface area (Å²) < 4.78 is 20.1. The fraction of sp³-hybridized carbons (Fsp3) is 0.545. The molecule has 4 nitrogen and oxygen atoms in total. The first-order valence-electron chi connectivity index (χ1n) is 9.91. The van der Waals surface area contributed by atoms with E-state index in [1.165, 1.54) is 6.07 Å². The Morgan fingerprint density at radius 3 is 2.68 bits per heavy atom. The Hall–Kier alpha value is -2.11. The van der Waals surface area contributed by atoms with Gasteiger partial charge in [0.05, 0.1) is 12.2 Å². The van der Waals surface area contributed by atoms with Gasteiger partial charge in [-0.3, -0.25) is 9.59 Å². The molecular formula is C22H30BFNO3. The number of hydrogen-bond acceptors (Lipinski definition) is 3. The molecule has 1 aliphatic heterocycles. The molecule has 6 heteroatoms. The maximum Gasteiger partial charge on any atom is 0.219 e. The molecule has 0 saturated heterocycles. The van der Waals surface area contributed by atoms with Crippen LogP contribution in [0.25, 0.3) is 5.76 Å². The number of Topliss-reactive ketones (excluding diaryl/α,β-unsaturated/α-hetero) is 1. The summed E-state index contributed by atoms with van der Waals surface area (Å²) in [5.41, 5.74) is 1.77. The Labute approximate surface area is 168 Å². The van der Waals surface area contributed by atoms with E-state index in [-0.39, 0.29) is 42.2 Å². The van der Waals surface area contributed by atoms with Crippen molar-refractivity contribution in [3.8, 4) is 0 Å². The number of amides is 1. The first-order valence-corrected chi connectivity index (χ1v) is 9.91. The van der Waals surface area contributed by atoms with Crippen LogP contribution in [0.4, 0.5) is 4.39 Å². The normalized spacial score (nSPS) is 16.0. The predicted molar refractivity (Wildman–Crippen MR) is 110 cm³/mol.